The molecule has 0 saturated heterocycles. The van der Waals surface area contributed by atoms with Crippen molar-refractivity contribution in [1.29, 1.82) is 0 Å². The second-order valence-electron chi connectivity index (χ2n) is 5.17. The molecule has 1 heteroatoms. The fourth-order valence-electron chi connectivity index (χ4n) is 2.77. The van der Waals surface area contributed by atoms with Crippen molar-refractivity contribution in [3.8, 4) is 0 Å². The van der Waals surface area contributed by atoms with Gasteiger partial charge >= 0.3 is 0 Å². The molecule has 0 bridgehead atoms. The van der Waals surface area contributed by atoms with Crippen molar-refractivity contribution >= 4 is 13.9 Å². The maximum absolute atomic E-state index is 2.33. The van der Waals surface area contributed by atoms with E-state index in [9.17, 15) is 0 Å². The standard InChI is InChI=1S/C15H22P/c1-11-9-12(2)15(13(3)10-11)16-14-7-5-4-6-8-14/h9-10,14H,4-8H2,1-3H3. The molecule has 1 aromatic rings. The van der Waals surface area contributed by atoms with Gasteiger partial charge in [0.2, 0.25) is 0 Å². The van der Waals surface area contributed by atoms with Gasteiger partial charge in [-0.15, -0.1) is 0 Å². The molecule has 1 aromatic carbocycles. The highest BCUT2D eigenvalue weighted by Crippen LogP contribution is 2.33. The molecule has 1 aliphatic carbocycles. The third-order valence-electron chi connectivity index (χ3n) is 3.52. The third kappa shape index (κ3) is 2.86. The van der Waals surface area contributed by atoms with Gasteiger partial charge in [0.1, 0.15) is 0 Å². The lowest BCUT2D eigenvalue weighted by molar-refractivity contribution is 0.514. The van der Waals surface area contributed by atoms with Crippen LogP contribution in [0.4, 0.5) is 0 Å². The molecule has 1 aliphatic rings. The molecule has 0 nitrogen and oxygen atoms in total. The van der Waals surface area contributed by atoms with Crippen LogP contribution in [-0.4, -0.2) is 5.66 Å². The Morgan fingerprint density at radius 3 is 2.06 bits per heavy atom. The number of hydrogen-bond donors (Lipinski definition) is 0. The molecule has 1 saturated carbocycles. The van der Waals surface area contributed by atoms with Crippen LogP contribution in [0.1, 0.15) is 48.8 Å². The molecular formula is C15H22P. The molecule has 0 amide bonds. The quantitative estimate of drug-likeness (QED) is 0.659. The minimum atomic E-state index is 0.925. The molecule has 0 spiro atoms. The first-order chi connectivity index (χ1) is 7.66. The van der Waals surface area contributed by atoms with Crippen molar-refractivity contribution in [1.82, 2.24) is 0 Å². The molecule has 0 unspecified atom stereocenters. The second kappa shape index (κ2) is 5.32. The molecule has 1 radical (unpaired) electrons. The van der Waals surface area contributed by atoms with Gasteiger partial charge in [0, 0.05) is 0 Å². The molecule has 1 fully saturated rings. The summed E-state index contributed by atoms with van der Waals surface area (Å²) in [4.78, 5) is 0. The van der Waals surface area contributed by atoms with Gasteiger partial charge in [-0.2, -0.15) is 0 Å². The van der Waals surface area contributed by atoms with E-state index in [2.05, 4.69) is 32.9 Å². The van der Waals surface area contributed by atoms with Gasteiger partial charge in [-0.05, 0) is 64.3 Å². The van der Waals surface area contributed by atoms with E-state index in [0.717, 1.165) is 5.66 Å². The molecule has 0 aliphatic heterocycles. The summed E-state index contributed by atoms with van der Waals surface area (Å²) in [6, 6.07) is 4.66. The Morgan fingerprint density at radius 1 is 0.938 bits per heavy atom. The van der Waals surface area contributed by atoms with Crippen LogP contribution in [0.5, 0.6) is 0 Å². The first-order valence-electron chi connectivity index (χ1n) is 6.45. The highest BCUT2D eigenvalue weighted by Gasteiger charge is 2.16. The van der Waals surface area contributed by atoms with Gasteiger partial charge in [-0.1, -0.05) is 37.0 Å². The Morgan fingerprint density at radius 2 is 1.50 bits per heavy atom. The molecule has 16 heavy (non-hydrogen) atoms. The summed E-state index contributed by atoms with van der Waals surface area (Å²) in [7, 11) is 1.59. The Kier molecular flexibility index (Phi) is 4.03. The maximum atomic E-state index is 2.33. The number of benzene rings is 1. The van der Waals surface area contributed by atoms with E-state index in [-0.39, 0.29) is 0 Å². The van der Waals surface area contributed by atoms with Crippen molar-refractivity contribution in [2.75, 3.05) is 0 Å². The van der Waals surface area contributed by atoms with E-state index in [1.54, 1.807) is 13.9 Å². The normalized spacial score (nSPS) is 18.4. The monoisotopic (exact) mass is 233 g/mol. The van der Waals surface area contributed by atoms with Crippen molar-refractivity contribution in [3.63, 3.8) is 0 Å². The summed E-state index contributed by atoms with van der Waals surface area (Å²) in [5, 5.41) is 1.59. The van der Waals surface area contributed by atoms with Gasteiger partial charge in [0.05, 0.1) is 0 Å². The van der Waals surface area contributed by atoms with E-state index in [1.165, 1.54) is 48.8 Å². The minimum Gasteiger partial charge on any atom is -0.0557 e. The predicted molar refractivity (Wildman–Crippen MR) is 74.1 cm³/mol. The highest BCUT2D eigenvalue weighted by molar-refractivity contribution is 7.48. The molecule has 2 rings (SSSR count). The molecular weight excluding hydrogens is 211 g/mol. The van der Waals surface area contributed by atoms with Crippen LogP contribution < -0.4 is 5.30 Å². The van der Waals surface area contributed by atoms with Crippen LogP contribution in [0.3, 0.4) is 0 Å². The van der Waals surface area contributed by atoms with Crippen molar-refractivity contribution in [3.05, 3.63) is 28.8 Å². The van der Waals surface area contributed by atoms with E-state index < -0.39 is 0 Å². The zero-order valence-electron chi connectivity index (χ0n) is 10.7. The Hall–Kier alpha value is -0.350. The van der Waals surface area contributed by atoms with E-state index in [4.69, 9.17) is 0 Å². The van der Waals surface area contributed by atoms with Crippen LogP contribution in [0.25, 0.3) is 0 Å². The number of aryl methyl sites for hydroxylation is 3. The first-order valence-corrected chi connectivity index (χ1v) is 7.42. The lowest BCUT2D eigenvalue weighted by Gasteiger charge is -2.22. The lowest BCUT2D eigenvalue weighted by atomic mass is 10.0. The first kappa shape index (κ1) is 12.1. The van der Waals surface area contributed by atoms with Gasteiger partial charge in [-0.3, -0.25) is 0 Å². The average molecular weight is 233 g/mol. The molecule has 87 valence electrons. The van der Waals surface area contributed by atoms with Gasteiger partial charge in [0.25, 0.3) is 0 Å². The average Bonchev–Trinajstić information content (AvgIpc) is 2.25. The largest absolute Gasteiger partial charge is 0.0557 e. The van der Waals surface area contributed by atoms with Crippen LogP contribution >= 0.6 is 8.58 Å². The highest BCUT2D eigenvalue weighted by atomic mass is 31.1. The number of hydrogen-bond acceptors (Lipinski definition) is 0. The van der Waals surface area contributed by atoms with E-state index >= 15 is 0 Å². The molecule has 0 aromatic heterocycles. The molecule has 0 heterocycles. The van der Waals surface area contributed by atoms with Crippen molar-refractivity contribution in [2.45, 2.75) is 58.5 Å². The van der Waals surface area contributed by atoms with E-state index in [1.807, 2.05) is 0 Å². The minimum absolute atomic E-state index is 0.925. The lowest BCUT2D eigenvalue weighted by Crippen LogP contribution is -2.14. The predicted octanol–water partition coefficient (Wildman–Crippen LogP) is 4.52. The summed E-state index contributed by atoms with van der Waals surface area (Å²) in [6.45, 7) is 6.73. The van der Waals surface area contributed by atoms with Crippen molar-refractivity contribution in [2.24, 2.45) is 0 Å². The fraction of sp³-hybridized carbons (Fsp3) is 0.600. The van der Waals surface area contributed by atoms with Crippen molar-refractivity contribution < 1.29 is 0 Å². The molecule has 0 N–H and O–H groups in total. The topological polar surface area (TPSA) is 0 Å². The zero-order valence-corrected chi connectivity index (χ0v) is 11.6. The zero-order chi connectivity index (χ0) is 11.5. The summed E-state index contributed by atoms with van der Waals surface area (Å²) >= 11 is 0. The third-order valence-corrected chi connectivity index (χ3v) is 5.37. The van der Waals surface area contributed by atoms with Gasteiger partial charge in [0.15, 0.2) is 0 Å². The summed E-state index contributed by atoms with van der Waals surface area (Å²) in [6.07, 6.45) is 7.23. The number of rotatable bonds is 2. The summed E-state index contributed by atoms with van der Waals surface area (Å²) in [5.41, 5.74) is 5.31. The maximum Gasteiger partial charge on any atom is -0.0127 e. The van der Waals surface area contributed by atoms with Crippen LogP contribution in [0.2, 0.25) is 0 Å². The Labute approximate surface area is 102 Å². The Balaban J connectivity index is 2.14. The van der Waals surface area contributed by atoms with E-state index in [0.29, 0.717) is 0 Å². The van der Waals surface area contributed by atoms with Crippen LogP contribution in [0, 0.1) is 20.8 Å². The second-order valence-corrected chi connectivity index (χ2v) is 6.60. The summed E-state index contributed by atoms with van der Waals surface area (Å²) < 4.78 is 0. The van der Waals surface area contributed by atoms with Crippen LogP contribution in [0.15, 0.2) is 12.1 Å². The van der Waals surface area contributed by atoms with Gasteiger partial charge < -0.3 is 0 Å². The van der Waals surface area contributed by atoms with Crippen LogP contribution in [-0.2, 0) is 0 Å². The Bertz CT molecular complexity index is 339. The smallest absolute Gasteiger partial charge is 0.0127 e. The van der Waals surface area contributed by atoms with Gasteiger partial charge in [-0.25, -0.2) is 0 Å². The molecule has 0 atom stereocenters. The summed E-state index contributed by atoms with van der Waals surface area (Å²) in [5.74, 6) is 0. The fourth-order valence-corrected chi connectivity index (χ4v) is 4.29. The SMILES string of the molecule is Cc1cc(C)c([P]C2CCCCC2)c(C)c1.